The van der Waals surface area contributed by atoms with Gasteiger partial charge in [-0.3, -0.25) is 9.59 Å². The van der Waals surface area contributed by atoms with E-state index in [4.69, 9.17) is 0 Å². The van der Waals surface area contributed by atoms with Crippen LogP contribution in [0.15, 0.2) is 53.5 Å². The molecule has 0 bridgehead atoms. The van der Waals surface area contributed by atoms with Gasteiger partial charge >= 0.3 is 0 Å². The monoisotopic (exact) mass is 540 g/mol. The van der Waals surface area contributed by atoms with Gasteiger partial charge in [0.2, 0.25) is 0 Å². The second kappa shape index (κ2) is 9.88. The van der Waals surface area contributed by atoms with Crippen molar-refractivity contribution in [1.82, 2.24) is 0 Å². The Balaban J connectivity index is 1.63. The van der Waals surface area contributed by atoms with Crippen LogP contribution < -0.4 is 0 Å². The lowest BCUT2D eigenvalue weighted by molar-refractivity contribution is -0.127. The van der Waals surface area contributed by atoms with E-state index >= 15 is 0 Å². The third kappa shape index (κ3) is 4.26. The number of Topliss-reactive ketones (excluding diaryl/α,β-unsaturated/α-hetero) is 2. The van der Waals surface area contributed by atoms with Crippen LogP contribution in [0.4, 0.5) is 0 Å². The van der Waals surface area contributed by atoms with Crippen molar-refractivity contribution in [2.45, 2.75) is 85.2 Å². The topological polar surface area (TPSA) is 94.8 Å². The molecular formula is C35H40O5. The fraction of sp³-hybridized carbons (Fsp3) is 0.429. The molecule has 3 atom stereocenters. The zero-order chi connectivity index (χ0) is 29.3. The Morgan fingerprint density at radius 1 is 1.02 bits per heavy atom. The molecular weight excluding hydrogens is 500 g/mol. The SMILES string of the molecule is C=C1C2=C(O)[C@@]3(O)C(O)=C(C(C)=O)C(=O)C[C@H]3C[C@H]2Cc2c(C(C)C)cc(CCc3cc(C)cc(C)c3)c(C)c21. The van der Waals surface area contributed by atoms with Gasteiger partial charge in [0.05, 0.1) is 0 Å². The van der Waals surface area contributed by atoms with E-state index in [9.17, 15) is 24.9 Å². The summed E-state index contributed by atoms with van der Waals surface area (Å²) < 4.78 is 0. The molecule has 0 aliphatic heterocycles. The molecule has 0 saturated heterocycles. The molecule has 0 unspecified atom stereocenters. The minimum atomic E-state index is -2.17. The normalized spacial score (nSPS) is 24.3. The van der Waals surface area contributed by atoms with Crippen LogP contribution in [0.1, 0.15) is 84.0 Å². The van der Waals surface area contributed by atoms with E-state index in [0.717, 1.165) is 24.0 Å². The zero-order valence-corrected chi connectivity index (χ0v) is 24.4. The summed E-state index contributed by atoms with van der Waals surface area (Å²) in [5.41, 5.74) is 8.23. The van der Waals surface area contributed by atoms with E-state index in [1.165, 1.54) is 40.3 Å². The fourth-order valence-electron chi connectivity index (χ4n) is 7.54. The number of carbonyl (C=O) groups is 2. The van der Waals surface area contributed by atoms with E-state index in [1.807, 2.05) is 0 Å². The molecule has 5 rings (SSSR count). The molecule has 3 aliphatic rings. The highest BCUT2D eigenvalue weighted by Crippen LogP contribution is 2.55. The van der Waals surface area contributed by atoms with Gasteiger partial charge in [0.1, 0.15) is 17.1 Å². The van der Waals surface area contributed by atoms with Gasteiger partial charge in [0.25, 0.3) is 0 Å². The van der Waals surface area contributed by atoms with Crippen molar-refractivity contribution >= 4 is 17.1 Å². The summed E-state index contributed by atoms with van der Waals surface area (Å²) in [4.78, 5) is 24.9. The summed E-state index contributed by atoms with van der Waals surface area (Å²) >= 11 is 0. The molecule has 2 aromatic rings. The lowest BCUT2D eigenvalue weighted by Gasteiger charge is -2.47. The van der Waals surface area contributed by atoms with Gasteiger partial charge in [-0.25, -0.2) is 0 Å². The first kappa shape index (κ1) is 28.1. The third-order valence-electron chi connectivity index (χ3n) is 9.35. The van der Waals surface area contributed by atoms with Gasteiger partial charge < -0.3 is 15.3 Å². The lowest BCUT2D eigenvalue weighted by atomic mass is 9.59. The molecule has 0 fully saturated rings. The Morgan fingerprint density at radius 2 is 1.68 bits per heavy atom. The molecule has 210 valence electrons. The van der Waals surface area contributed by atoms with Crippen molar-refractivity contribution in [2.75, 3.05) is 0 Å². The first-order valence-corrected chi connectivity index (χ1v) is 14.3. The molecule has 3 N–H and O–H groups in total. The van der Waals surface area contributed by atoms with Crippen LogP contribution in [0.3, 0.4) is 0 Å². The number of benzene rings is 2. The number of ketones is 2. The minimum Gasteiger partial charge on any atom is -0.508 e. The Hall–Kier alpha value is -3.44. The van der Waals surface area contributed by atoms with Crippen LogP contribution in [-0.4, -0.2) is 32.5 Å². The van der Waals surface area contributed by atoms with Crippen molar-refractivity contribution in [3.05, 3.63) is 98.0 Å². The molecule has 0 aromatic heterocycles. The van der Waals surface area contributed by atoms with E-state index in [2.05, 4.69) is 65.5 Å². The van der Waals surface area contributed by atoms with Crippen LogP contribution in [-0.2, 0) is 28.9 Å². The number of carbonyl (C=O) groups excluding carboxylic acids is 2. The molecule has 0 spiro atoms. The maximum Gasteiger partial charge on any atom is 0.182 e. The van der Waals surface area contributed by atoms with Gasteiger partial charge in [-0.15, -0.1) is 0 Å². The van der Waals surface area contributed by atoms with Gasteiger partial charge in [-0.05, 0) is 104 Å². The predicted molar refractivity (Wildman–Crippen MR) is 157 cm³/mol. The molecule has 40 heavy (non-hydrogen) atoms. The van der Waals surface area contributed by atoms with Crippen LogP contribution in [0.25, 0.3) is 5.57 Å². The minimum absolute atomic E-state index is 0.101. The third-order valence-corrected chi connectivity index (χ3v) is 9.35. The second-order valence-corrected chi connectivity index (χ2v) is 12.5. The molecule has 3 aliphatic carbocycles. The molecule has 2 aromatic carbocycles. The van der Waals surface area contributed by atoms with Crippen LogP contribution in [0, 0.1) is 32.6 Å². The van der Waals surface area contributed by atoms with E-state index in [-0.39, 0.29) is 24.0 Å². The van der Waals surface area contributed by atoms with Crippen molar-refractivity contribution in [1.29, 1.82) is 0 Å². The number of hydrogen-bond acceptors (Lipinski definition) is 5. The zero-order valence-electron chi connectivity index (χ0n) is 24.4. The summed E-state index contributed by atoms with van der Waals surface area (Å²) in [7, 11) is 0. The highest BCUT2D eigenvalue weighted by Gasteiger charge is 2.57. The quantitative estimate of drug-likeness (QED) is 0.370. The average Bonchev–Trinajstić information content (AvgIpc) is 2.84. The fourth-order valence-corrected chi connectivity index (χ4v) is 7.54. The van der Waals surface area contributed by atoms with Gasteiger partial charge in [-0.1, -0.05) is 55.8 Å². The van der Waals surface area contributed by atoms with E-state index in [0.29, 0.717) is 24.0 Å². The van der Waals surface area contributed by atoms with Gasteiger partial charge in [0.15, 0.2) is 17.2 Å². The Labute approximate surface area is 237 Å². The number of aliphatic hydroxyl groups excluding tert-OH is 2. The second-order valence-electron chi connectivity index (χ2n) is 12.5. The molecule has 0 saturated carbocycles. The Bertz CT molecular complexity index is 1510. The number of fused-ring (bicyclic) bond motifs is 3. The van der Waals surface area contributed by atoms with Gasteiger partial charge in [-0.2, -0.15) is 0 Å². The van der Waals surface area contributed by atoms with E-state index in [1.54, 1.807) is 0 Å². The van der Waals surface area contributed by atoms with Crippen molar-refractivity contribution in [2.24, 2.45) is 11.8 Å². The Morgan fingerprint density at radius 3 is 2.27 bits per heavy atom. The number of aryl methyl sites for hydroxylation is 4. The first-order chi connectivity index (χ1) is 18.7. The molecule has 0 amide bonds. The molecule has 0 heterocycles. The highest BCUT2D eigenvalue weighted by atomic mass is 16.4. The maximum atomic E-state index is 12.7. The summed E-state index contributed by atoms with van der Waals surface area (Å²) in [6, 6.07) is 8.99. The average molecular weight is 541 g/mol. The highest BCUT2D eigenvalue weighted by molar-refractivity contribution is 6.20. The lowest BCUT2D eigenvalue weighted by Crippen LogP contribution is -2.52. The molecule has 5 heteroatoms. The number of hydrogen-bond donors (Lipinski definition) is 3. The number of allylic oxidation sites excluding steroid dienone is 3. The standard InChI is InChI=1S/C35H40O5/c1-17(2)27-14-24(9-8-23-11-18(3)10-19(4)12-23)20(5)30-21(6)31-25(15-28(27)30)13-26-16-29(37)32(22(7)36)34(39)35(26,40)33(31)38/h10-12,14,17,25-26,38-40H,6,8-9,13,15-16H2,1-5,7H3/t25-,26+,35+/m0/s1. The van der Waals surface area contributed by atoms with Crippen molar-refractivity contribution in [3.8, 4) is 0 Å². The smallest absolute Gasteiger partial charge is 0.182 e. The summed E-state index contributed by atoms with van der Waals surface area (Å²) in [5.74, 6) is -2.80. The number of rotatable bonds is 5. The van der Waals surface area contributed by atoms with Crippen LogP contribution >= 0.6 is 0 Å². The maximum absolute atomic E-state index is 12.7. The number of aliphatic hydroxyl groups is 3. The largest absolute Gasteiger partial charge is 0.508 e. The van der Waals surface area contributed by atoms with Gasteiger partial charge in [0, 0.05) is 17.9 Å². The Kier molecular flexibility index (Phi) is 6.94. The first-order valence-electron chi connectivity index (χ1n) is 14.3. The summed E-state index contributed by atoms with van der Waals surface area (Å²) in [5, 5.41) is 34.3. The summed E-state index contributed by atoms with van der Waals surface area (Å²) in [6.07, 6.45) is 2.73. The predicted octanol–water partition coefficient (Wildman–Crippen LogP) is 6.64. The van der Waals surface area contributed by atoms with E-state index < -0.39 is 34.4 Å². The van der Waals surface area contributed by atoms with Crippen molar-refractivity contribution < 1.29 is 24.9 Å². The van der Waals surface area contributed by atoms with Crippen molar-refractivity contribution in [3.63, 3.8) is 0 Å². The molecule has 5 nitrogen and oxygen atoms in total. The molecule has 0 radical (unpaired) electrons. The van der Waals surface area contributed by atoms with Crippen LogP contribution in [0.5, 0.6) is 0 Å². The van der Waals surface area contributed by atoms with Crippen LogP contribution in [0.2, 0.25) is 0 Å². The summed E-state index contributed by atoms with van der Waals surface area (Å²) in [6.45, 7) is 16.4.